The van der Waals surface area contributed by atoms with E-state index in [1.54, 1.807) is 6.92 Å². The van der Waals surface area contributed by atoms with Crippen molar-refractivity contribution in [2.24, 2.45) is 11.8 Å². The monoisotopic (exact) mass is 717 g/mol. The van der Waals surface area contributed by atoms with Crippen molar-refractivity contribution in [2.45, 2.75) is 91.2 Å². The van der Waals surface area contributed by atoms with Gasteiger partial charge in [-0.1, -0.05) is 20.8 Å². The van der Waals surface area contributed by atoms with Gasteiger partial charge in [0.05, 0.1) is 29.8 Å². The number of carbonyl (C=O) groups is 1. The number of carbonyl (C=O) groups excluding carboxylic acids is 1. The zero-order valence-corrected chi connectivity index (χ0v) is 29.2. The van der Waals surface area contributed by atoms with Crippen molar-refractivity contribution < 1.29 is 35.9 Å². The second kappa shape index (κ2) is 13.6. The topological polar surface area (TPSA) is 100 Å². The Labute approximate surface area is 291 Å². The quantitative estimate of drug-likeness (QED) is 0.115. The average Bonchev–Trinajstić information content (AvgIpc) is 3.99. The maximum atomic E-state index is 14.0. The summed E-state index contributed by atoms with van der Waals surface area (Å²) in [6.45, 7) is 10.9. The molecule has 0 radical (unpaired) electrons. The van der Waals surface area contributed by atoms with E-state index < -0.39 is 41.4 Å². The number of fused-ring (bicyclic) bond motifs is 1. The normalized spacial score (nSPS) is 15.4. The Bertz CT molecular complexity index is 1850. The van der Waals surface area contributed by atoms with Gasteiger partial charge in [-0.3, -0.25) is 5.10 Å². The second-order valence-corrected chi connectivity index (χ2v) is 14.6. The van der Waals surface area contributed by atoms with E-state index in [1.807, 2.05) is 27.7 Å². The van der Waals surface area contributed by atoms with Crippen molar-refractivity contribution in [3.05, 3.63) is 69.7 Å². The highest BCUT2D eigenvalue weighted by molar-refractivity contribution is 5.89. The van der Waals surface area contributed by atoms with Crippen LogP contribution < -0.4 is 9.80 Å². The summed E-state index contributed by atoms with van der Waals surface area (Å²) in [5.41, 5.74) is -0.561. The number of ether oxygens (including phenoxy) is 1. The molecule has 3 heterocycles. The number of alkyl halides is 6. The predicted molar refractivity (Wildman–Crippen MR) is 179 cm³/mol. The van der Waals surface area contributed by atoms with Gasteiger partial charge in [0, 0.05) is 48.7 Å². The van der Waals surface area contributed by atoms with Gasteiger partial charge in [-0.25, -0.2) is 19.7 Å². The number of aryl methyl sites for hydroxylation is 1. The second-order valence-electron chi connectivity index (χ2n) is 14.6. The Morgan fingerprint density at radius 1 is 0.882 bits per heavy atom. The van der Waals surface area contributed by atoms with Crippen molar-refractivity contribution in [2.75, 3.05) is 29.5 Å². The SMILES string of the molecule is CCOC(=O)c1cnc(N(Cc2cc(C(F)(F)F)cc(C(F)(F)F)c2)Cc2c(N(CC3CC3)CC3CC3)nc3n[nH]c(C)c3c2C(C)(C)C)nc1. The number of rotatable bonds is 12. The lowest BCUT2D eigenvalue weighted by Crippen LogP contribution is -2.34. The van der Waals surface area contributed by atoms with Gasteiger partial charge in [0.1, 0.15) is 5.82 Å². The molecule has 9 nitrogen and oxygen atoms in total. The summed E-state index contributed by atoms with van der Waals surface area (Å²) in [5, 5.41) is 8.38. The van der Waals surface area contributed by atoms with E-state index >= 15 is 0 Å². The summed E-state index contributed by atoms with van der Waals surface area (Å²) >= 11 is 0. The highest BCUT2D eigenvalue weighted by Gasteiger charge is 2.38. The number of nitrogens with one attached hydrogen (secondary N) is 1. The van der Waals surface area contributed by atoms with Gasteiger partial charge in [-0.05, 0) is 86.1 Å². The zero-order chi connectivity index (χ0) is 36.9. The van der Waals surface area contributed by atoms with E-state index in [2.05, 4.69) is 25.1 Å². The van der Waals surface area contributed by atoms with Crippen LogP contribution in [0.5, 0.6) is 0 Å². The Kier molecular flexibility index (Phi) is 9.70. The molecule has 2 aliphatic rings. The number of H-pyrrole nitrogens is 1. The fourth-order valence-electron chi connectivity index (χ4n) is 6.46. The third-order valence-corrected chi connectivity index (χ3v) is 9.16. The number of aromatic amines is 1. The molecule has 0 atom stereocenters. The van der Waals surface area contributed by atoms with Crippen LogP contribution in [0.25, 0.3) is 11.0 Å². The first-order valence-electron chi connectivity index (χ1n) is 17.1. The highest BCUT2D eigenvalue weighted by Crippen LogP contribution is 2.43. The fraction of sp³-hybridized carbons (Fsp3) is 0.528. The standard InChI is InChI=1S/C36H41F6N7O2/c1-6-51-32(50)24-14-43-33(44-15-24)49(18-23-11-25(35(37,38)39)13-26(12-23)36(40,41)42)19-27-29(34(3,4)5)28-20(2)46-47-30(28)45-31(27)48(16-21-7-8-21)17-22-9-10-22/h11-15,21-22H,6-10,16-19H2,1-5H3,(H,45,46,47). The summed E-state index contributed by atoms with van der Waals surface area (Å²) in [6.07, 6.45) is -3.20. The van der Waals surface area contributed by atoms with Gasteiger partial charge in [0.15, 0.2) is 5.65 Å². The molecule has 0 aliphatic heterocycles. The van der Waals surface area contributed by atoms with Gasteiger partial charge < -0.3 is 14.5 Å². The Morgan fingerprint density at radius 2 is 1.45 bits per heavy atom. The van der Waals surface area contributed by atoms with Gasteiger partial charge in [0.25, 0.3) is 0 Å². The smallest absolute Gasteiger partial charge is 0.416 e. The number of anilines is 2. The maximum Gasteiger partial charge on any atom is 0.416 e. The molecule has 0 spiro atoms. The number of hydrogen-bond donors (Lipinski definition) is 1. The van der Waals surface area contributed by atoms with Crippen molar-refractivity contribution in [1.82, 2.24) is 25.1 Å². The van der Waals surface area contributed by atoms with Crippen LogP contribution in [0.15, 0.2) is 30.6 Å². The number of aromatic nitrogens is 5. The fourth-order valence-corrected chi connectivity index (χ4v) is 6.46. The van der Waals surface area contributed by atoms with E-state index in [1.165, 1.54) is 17.3 Å². The number of hydrogen-bond acceptors (Lipinski definition) is 8. The summed E-state index contributed by atoms with van der Waals surface area (Å²) in [4.78, 5) is 30.1. The summed E-state index contributed by atoms with van der Waals surface area (Å²) in [6, 6.07) is 1.55. The van der Waals surface area contributed by atoms with Crippen molar-refractivity contribution in [3.63, 3.8) is 0 Å². The molecule has 0 amide bonds. The maximum absolute atomic E-state index is 14.0. The minimum atomic E-state index is -5.02. The number of nitrogens with zero attached hydrogens (tertiary/aromatic N) is 6. The molecule has 4 aromatic rings. The van der Waals surface area contributed by atoms with Gasteiger partial charge >= 0.3 is 18.3 Å². The lowest BCUT2D eigenvalue weighted by atomic mass is 9.81. The van der Waals surface area contributed by atoms with E-state index in [0.717, 1.165) is 73.1 Å². The van der Waals surface area contributed by atoms with Crippen LogP contribution in [-0.4, -0.2) is 50.8 Å². The Hall–Kier alpha value is -4.43. The largest absolute Gasteiger partial charge is 0.462 e. The molecule has 1 aromatic carbocycles. The van der Waals surface area contributed by atoms with Crippen LogP contribution in [0, 0.1) is 18.8 Å². The van der Waals surface area contributed by atoms with E-state index in [4.69, 9.17) is 9.72 Å². The van der Waals surface area contributed by atoms with Crippen molar-refractivity contribution in [1.29, 1.82) is 0 Å². The van der Waals surface area contributed by atoms with Crippen LogP contribution in [0.2, 0.25) is 0 Å². The number of pyridine rings is 1. The van der Waals surface area contributed by atoms with Gasteiger partial charge in [-0.2, -0.15) is 31.4 Å². The van der Waals surface area contributed by atoms with E-state index in [9.17, 15) is 31.1 Å². The minimum absolute atomic E-state index is 0.000207. The predicted octanol–water partition coefficient (Wildman–Crippen LogP) is 8.40. The molecular formula is C36H41F6N7O2. The van der Waals surface area contributed by atoms with Crippen LogP contribution in [0.4, 0.5) is 38.1 Å². The molecule has 0 saturated heterocycles. The van der Waals surface area contributed by atoms with Crippen LogP contribution in [0.1, 0.15) is 97.2 Å². The molecule has 2 saturated carbocycles. The molecule has 51 heavy (non-hydrogen) atoms. The van der Waals surface area contributed by atoms with Crippen LogP contribution >= 0.6 is 0 Å². The molecule has 274 valence electrons. The number of esters is 1. The third kappa shape index (κ3) is 8.39. The molecule has 0 bridgehead atoms. The third-order valence-electron chi connectivity index (χ3n) is 9.16. The van der Waals surface area contributed by atoms with Crippen LogP contribution in [0.3, 0.4) is 0 Å². The van der Waals surface area contributed by atoms with Crippen molar-refractivity contribution >= 4 is 28.8 Å². The first-order chi connectivity index (χ1) is 23.9. The number of halogens is 6. The van der Waals surface area contributed by atoms with Gasteiger partial charge in [0.2, 0.25) is 5.95 Å². The average molecular weight is 718 g/mol. The molecule has 1 N–H and O–H groups in total. The minimum Gasteiger partial charge on any atom is -0.462 e. The summed E-state index contributed by atoms with van der Waals surface area (Å²) in [7, 11) is 0. The number of benzene rings is 1. The molecule has 0 unspecified atom stereocenters. The molecule has 3 aromatic heterocycles. The van der Waals surface area contributed by atoms with E-state index in [-0.39, 0.29) is 36.3 Å². The molecule has 2 fully saturated rings. The van der Waals surface area contributed by atoms with Crippen LogP contribution in [-0.2, 0) is 35.6 Å². The first-order valence-corrected chi connectivity index (χ1v) is 17.1. The highest BCUT2D eigenvalue weighted by atomic mass is 19.4. The zero-order valence-electron chi connectivity index (χ0n) is 29.2. The molecule has 2 aliphatic carbocycles. The Morgan fingerprint density at radius 3 is 1.94 bits per heavy atom. The van der Waals surface area contributed by atoms with E-state index in [0.29, 0.717) is 23.3 Å². The van der Waals surface area contributed by atoms with Crippen molar-refractivity contribution in [3.8, 4) is 0 Å². The summed E-state index contributed by atoms with van der Waals surface area (Å²) in [5.74, 6) is 0.995. The Balaban J connectivity index is 1.54. The molecule has 15 heteroatoms. The molecule has 6 rings (SSSR count). The lowest BCUT2D eigenvalue weighted by molar-refractivity contribution is -0.143. The summed E-state index contributed by atoms with van der Waals surface area (Å²) < 4.78 is 88.8. The first kappa shape index (κ1) is 36.4. The lowest BCUT2D eigenvalue weighted by Gasteiger charge is -2.34. The van der Waals surface area contributed by atoms with Gasteiger partial charge in [-0.15, -0.1) is 0 Å². The molecular weight excluding hydrogens is 676 g/mol.